The molecule has 2 N–H and O–H groups in total. The van der Waals surface area contributed by atoms with Crippen LogP contribution in [0.2, 0.25) is 5.02 Å². The number of carbonyl (C=O) groups excluding carboxylic acids is 2. The van der Waals surface area contributed by atoms with Crippen LogP contribution in [0.4, 0.5) is 5.69 Å². The average molecular weight is 426 g/mol. The minimum Gasteiger partial charge on any atom is -0.348 e. The van der Waals surface area contributed by atoms with E-state index in [2.05, 4.69) is 10.6 Å². The summed E-state index contributed by atoms with van der Waals surface area (Å²) in [6.07, 6.45) is 0. The van der Waals surface area contributed by atoms with Crippen molar-refractivity contribution in [3.8, 4) is 0 Å². The normalized spacial score (nSPS) is 11.3. The molecule has 0 saturated carbocycles. The molecule has 2 aromatic carbocycles. The van der Waals surface area contributed by atoms with Crippen LogP contribution in [0.1, 0.15) is 22.8 Å². The molecule has 0 spiro atoms. The van der Waals surface area contributed by atoms with Crippen LogP contribution in [0.3, 0.4) is 0 Å². The molecule has 0 heterocycles. The number of nitrogens with zero attached hydrogens (tertiary/aromatic N) is 1. The van der Waals surface area contributed by atoms with Crippen molar-refractivity contribution in [2.75, 3.05) is 19.5 Å². The van der Waals surface area contributed by atoms with Crippen molar-refractivity contribution in [1.29, 1.82) is 0 Å². The van der Waals surface area contributed by atoms with Gasteiger partial charge in [0.25, 0.3) is 15.9 Å². The monoisotopic (exact) mass is 425 g/mol. The molecule has 0 aromatic heterocycles. The third-order valence-electron chi connectivity index (χ3n) is 3.77. The predicted octanol–water partition coefficient (Wildman–Crippen LogP) is 2.41. The summed E-state index contributed by atoms with van der Waals surface area (Å²) in [6.45, 7) is 1.59. The van der Waals surface area contributed by atoms with Crippen LogP contribution in [0.15, 0.2) is 47.4 Å². The number of rotatable bonds is 7. The third kappa shape index (κ3) is 5.29. The zero-order valence-electron chi connectivity index (χ0n) is 15.5. The number of hydroxylamine groups is 1. The van der Waals surface area contributed by atoms with Gasteiger partial charge in [-0.05, 0) is 35.9 Å². The number of amides is 2. The summed E-state index contributed by atoms with van der Waals surface area (Å²) in [6, 6.07) is 11.0. The Hall–Kier alpha value is -2.46. The van der Waals surface area contributed by atoms with E-state index in [1.54, 1.807) is 24.3 Å². The molecule has 28 heavy (non-hydrogen) atoms. The average Bonchev–Trinajstić information content (AvgIpc) is 2.65. The van der Waals surface area contributed by atoms with E-state index in [1.807, 2.05) is 0 Å². The van der Waals surface area contributed by atoms with Crippen molar-refractivity contribution in [3.63, 3.8) is 0 Å². The van der Waals surface area contributed by atoms with E-state index in [0.717, 1.165) is 5.56 Å². The van der Waals surface area contributed by atoms with E-state index < -0.39 is 15.9 Å². The highest BCUT2D eigenvalue weighted by Gasteiger charge is 2.25. The maximum absolute atomic E-state index is 12.4. The van der Waals surface area contributed by atoms with E-state index in [4.69, 9.17) is 16.4 Å². The number of nitrogens with one attached hydrogen (secondary N) is 2. The summed E-state index contributed by atoms with van der Waals surface area (Å²) in [5.74, 6) is -0.671. The fraction of sp³-hybridized carbons (Fsp3) is 0.222. The highest BCUT2D eigenvalue weighted by Crippen LogP contribution is 2.25. The molecule has 2 aromatic rings. The van der Waals surface area contributed by atoms with Crippen molar-refractivity contribution in [3.05, 3.63) is 58.6 Å². The first-order chi connectivity index (χ1) is 13.1. The number of sulfonamides is 1. The minimum atomic E-state index is -4.00. The van der Waals surface area contributed by atoms with Crippen molar-refractivity contribution in [2.45, 2.75) is 18.4 Å². The SMILES string of the molecule is CON(C)S(=O)(=O)c1cc(C(=O)NCc2cccc(NC(C)=O)c2)ccc1Cl. The third-order valence-corrected chi connectivity index (χ3v) is 5.93. The molecule has 0 aliphatic rings. The molecule has 0 fully saturated rings. The first kappa shape index (κ1) is 21.8. The molecule has 0 aliphatic carbocycles. The fourth-order valence-electron chi connectivity index (χ4n) is 2.33. The zero-order chi connectivity index (χ0) is 20.9. The summed E-state index contributed by atoms with van der Waals surface area (Å²) in [7, 11) is -1.57. The lowest BCUT2D eigenvalue weighted by atomic mass is 10.1. The largest absolute Gasteiger partial charge is 0.348 e. The van der Waals surface area contributed by atoms with Gasteiger partial charge < -0.3 is 10.6 Å². The van der Waals surface area contributed by atoms with Gasteiger partial charge in [0.05, 0.1) is 12.1 Å². The Balaban J connectivity index is 2.17. The quantitative estimate of drug-likeness (QED) is 0.663. The number of halogens is 1. The molecule has 0 aliphatic heterocycles. The van der Waals surface area contributed by atoms with E-state index >= 15 is 0 Å². The van der Waals surface area contributed by atoms with Gasteiger partial charge in [-0.15, -0.1) is 0 Å². The van der Waals surface area contributed by atoms with Crippen LogP contribution in [0.5, 0.6) is 0 Å². The highest BCUT2D eigenvalue weighted by molar-refractivity contribution is 7.89. The summed E-state index contributed by atoms with van der Waals surface area (Å²) < 4.78 is 25.5. The topological polar surface area (TPSA) is 105 Å². The smallest absolute Gasteiger partial charge is 0.266 e. The van der Waals surface area contributed by atoms with Crippen molar-refractivity contribution >= 4 is 39.1 Å². The molecule has 2 amide bonds. The van der Waals surface area contributed by atoms with Gasteiger partial charge in [-0.3, -0.25) is 14.4 Å². The molecule has 0 bridgehead atoms. The van der Waals surface area contributed by atoms with Crippen LogP contribution in [0, 0.1) is 0 Å². The van der Waals surface area contributed by atoms with Gasteiger partial charge in [0.2, 0.25) is 5.91 Å². The Bertz CT molecular complexity index is 994. The second kappa shape index (κ2) is 9.16. The number of hydrogen-bond donors (Lipinski definition) is 2. The zero-order valence-corrected chi connectivity index (χ0v) is 17.1. The van der Waals surface area contributed by atoms with Gasteiger partial charge >= 0.3 is 0 Å². The lowest BCUT2D eigenvalue weighted by molar-refractivity contribution is -0.114. The Morgan fingerprint density at radius 3 is 2.54 bits per heavy atom. The molecular weight excluding hydrogens is 406 g/mol. The van der Waals surface area contributed by atoms with Gasteiger partial charge in [0.15, 0.2) is 0 Å². The Kier molecular flexibility index (Phi) is 7.14. The molecule has 8 nitrogen and oxygen atoms in total. The molecule has 0 atom stereocenters. The molecule has 0 saturated heterocycles. The first-order valence-corrected chi connectivity index (χ1v) is 9.94. The maximum atomic E-state index is 12.4. The van der Waals surface area contributed by atoms with E-state index in [-0.39, 0.29) is 27.9 Å². The summed E-state index contributed by atoms with van der Waals surface area (Å²) in [5, 5.41) is 5.34. The molecule has 0 radical (unpaired) electrons. The fourth-order valence-corrected chi connectivity index (χ4v) is 3.80. The van der Waals surface area contributed by atoms with Crippen LogP contribution < -0.4 is 10.6 Å². The molecule has 2 rings (SSSR count). The van der Waals surface area contributed by atoms with Gasteiger partial charge in [-0.1, -0.05) is 28.2 Å². The Labute approximate surface area is 168 Å². The van der Waals surface area contributed by atoms with E-state index in [9.17, 15) is 18.0 Å². The standard InChI is InChI=1S/C18H20ClN3O5S/c1-12(23)21-15-6-4-5-13(9-15)11-20-18(24)14-7-8-16(19)17(10-14)28(25,26)22(2)27-3/h4-10H,11H2,1-3H3,(H,20,24)(H,21,23). The molecule has 10 heteroatoms. The second-order valence-electron chi connectivity index (χ2n) is 5.81. The molecular formula is C18H20ClN3O5S. The number of carbonyl (C=O) groups is 2. The van der Waals surface area contributed by atoms with Crippen LogP contribution in [0.25, 0.3) is 0 Å². The molecule has 0 unspecified atom stereocenters. The van der Waals surface area contributed by atoms with Crippen molar-refractivity contribution in [2.24, 2.45) is 0 Å². The van der Waals surface area contributed by atoms with E-state index in [0.29, 0.717) is 10.2 Å². The van der Waals surface area contributed by atoms with Crippen LogP contribution in [-0.4, -0.2) is 38.9 Å². The second-order valence-corrected chi connectivity index (χ2v) is 8.12. The highest BCUT2D eigenvalue weighted by atomic mass is 35.5. The molecule has 150 valence electrons. The lowest BCUT2D eigenvalue weighted by Crippen LogP contribution is -2.27. The Morgan fingerprint density at radius 1 is 1.18 bits per heavy atom. The van der Waals surface area contributed by atoms with Crippen LogP contribution in [-0.2, 0) is 26.2 Å². The van der Waals surface area contributed by atoms with Gasteiger partial charge in [-0.2, -0.15) is 0 Å². The summed E-state index contributed by atoms with van der Waals surface area (Å²) in [5.41, 5.74) is 1.51. The minimum absolute atomic E-state index is 0.0246. The Morgan fingerprint density at radius 2 is 1.89 bits per heavy atom. The van der Waals surface area contributed by atoms with Crippen molar-refractivity contribution < 1.29 is 22.8 Å². The summed E-state index contributed by atoms with van der Waals surface area (Å²) >= 11 is 5.99. The lowest BCUT2D eigenvalue weighted by Gasteiger charge is -2.16. The van der Waals surface area contributed by atoms with Gasteiger partial charge in [0, 0.05) is 31.8 Å². The first-order valence-electron chi connectivity index (χ1n) is 8.12. The van der Waals surface area contributed by atoms with Crippen molar-refractivity contribution in [1.82, 2.24) is 9.79 Å². The predicted molar refractivity (Wildman–Crippen MR) is 105 cm³/mol. The number of hydrogen-bond acceptors (Lipinski definition) is 5. The van der Waals surface area contributed by atoms with Crippen LogP contribution >= 0.6 is 11.6 Å². The summed E-state index contributed by atoms with van der Waals surface area (Å²) in [4.78, 5) is 28.1. The number of benzene rings is 2. The number of anilines is 1. The van der Waals surface area contributed by atoms with Gasteiger partial charge in [0.1, 0.15) is 4.90 Å². The maximum Gasteiger partial charge on any atom is 0.266 e. The van der Waals surface area contributed by atoms with E-state index in [1.165, 1.54) is 39.3 Å². The van der Waals surface area contributed by atoms with Gasteiger partial charge in [-0.25, -0.2) is 8.42 Å².